The average Bonchev–Trinajstić information content (AvgIpc) is 3.69. The van der Waals surface area contributed by atoms with E-state index in [4.69, 9.17) is 19.4 Å². The van der Waals surface area contributed by atoms with Gasteiger partial charge in [-0.1, -0.05) is 164 Å². The summed E-state index contributed by atoms with van der Waals surface area (Å²) in [6.07, 6.45) is 0. The summed E-state index contributed by atoms with van der Waals surface area (Å²) >= 11 is 0. The first kappa shape index (κ1) is 33.4. The van der Waals surface area contributed by atoms with Gasteiger partial charge in [-0.15, -0.1) is 0 Å². The Balaban J connectivity index is 1.10. The van der Waals surface area contributed by atoms with Crippen LogP contribution in [0.25, 0.3) is 88.8 Å². The molecule has 0 N–H and O–H groups in total. The van der Waals surface area contributed by atoms with Crippen molar-refractivity contribution < 1.29 is 4.42 Å². The molecule has 0 bridgehead atoms. The standard InChI is InChI=1S/C53H34N4O/c1-4-16-37(17-5-1)51-54-52(38-30-27-36(28-31-38)40-32-29-35-15-10-11-18-39(35)33-40)56-53(55-51)45-25-14-26-47-50(45)49-44-24-13-12-23-43(44)46(34-48(49)58-47)57(41-19-6-2-7-20-41)42-21-8-3-9-22-42/h1-34H. The van der Waals surface area contributed by atoms with Crippen LogP contribution in [0.4, 0.5) is 17.1 Å². The monoisotopic (exact) mass is 742 g/mol. The van der Waals surface area contributed by atoms with Gasteiger partial charge in [-0.05, 0) is 63.7 Å². The van der Waals surface area contributed by atoms with Crippen LogP contribution < -0.4 is 4.90 Å². The molecule has 0 fully saturated rings. The fraction of sp³-hybridized carbons (Fsp3) is 0. The van der Waals surface area contributed by atoms with Gasteiger partial charge in [-0.3, -0.25) is 0 Å². The Morgan fingerprint density at radius 3 is 1.60 bits per heavy atom. The molecule has 11 aromatic rings. The van der Waals surface area contributed by atoms with Gasteiger partial charge in [0.1, 0.15) is 11.2 Å². The highest BCUT2D eigenvalue weighted by Crippen LogP contribution is 2.46. The zero-order chi connectivity index (χ0) is 38.4. The molecule has 0 radical (unpaired) electrons. The second-order valence-electron chi connectivity index (χ2n) is 14.4. The van der Waals surface area contributed by atoms with Crippen LogP contribution in [0.2, 0.25) is 0 Å². The third-order valence-corrected chi connectivity index (χ3v) is 10.9. The minimum atomic E-state index is 0.583. The van der Waals surface area contributed by atoms with E-state index in [2.05, 4.69) is 157 Å². The lowest BCUT2D eigenvalue weighted by atomic mass is 9.98. The van der Waals surface area contributed by atoms with E-state index in [1.54, 1.807) is 0 Å². The largest absolute Gasteiger partial charge is 0.456 e. The number of para-hydroxylation sites is 2. The predicted molar refractivity (Wildman–Crippen MR) is 239 cm³/mol. The van der Waals surface area contributed by atoms with Crippen LogP contribution in [-0.2, 0) is 0 Å². The molecule has 9 aromatic carbocycles. The topological polar surface area (TPSA) is 55.1 Å². The number of anilines is 3. The number of aromatic nitrogens is 3. The smallest absolute Gasteiger partial charge is 0.164 e. The Morgan fingerprint density at radius 1 is 0.345 bits per heavy atom. The normalized spacial score (nSPS) is 11.4. The Bertz CT molecular complexity index is 3230. The summed E-state index contributed by atoms with van der Waals surface area (Å²) in [6, 6.07) is 71.5. The molecule has 0 saturated heterocycles. The number of rotatable bonds is 7. The van der Waals surface area contributed by atoms with E-state index in [1.165, 1.54) is 10.8 Å². The molecule has 0 aliphatic heterocycles. The molecule has 58 heavy (non-hydrogen) atoms. The molecule has 11 rings (SSSR count). The van der Waals surface area contributed by atoms with Gasteiger partial charge in [-0.2, -0.15) is 0 Å². The lowest BCUT2D eigenvalue weighted by molar-refractivity contribution is 0.669. The fourth-order valence-electron chi connectivity index (χ4n) is 8.14. The van der Waals surface area contributed by atoms with Crippen LogP contribution in [0, 0.1) is 0 Å². The van der Waals surface area contributed by atoms with Crippen LogP contribution in [0.3, 0.4) is 0 Å². The Hall–Kier alpha value is -7.89. The molecule has 2 heterocycles. The number of hydrogen-bond acceptors (Lipinski definition) is 5. The highest BCUT2D eigenvalue weighted by atomic mass is 16.3. The average molecular weight is 743 g/mol. The van der Waals surface area contributed by atoms with Crippen LogP contribution in [0.5, 0.6) is 0 Å². The summed E-state index contributed by atoms with van der Waals surface area (Å²) < 4.78 is 6.80. The van der Waals surface area contributed by atoms with Crippen molar-refractivity contribution in [3.63, 3.8) is 0 Å². The summed E-state index contributed by atoms with van der Waals surface area (Å²) in [4.78, 5) is 17.7. The SMILES string of the molecule is c1ccc(-c2nc(-c3ccc(-c4ccc5ccccc5c4)cc3)nc(-c3cccc4oc5cc(N(c6ccccc6)c6ccccc6)c6ccccc6c5c34)n2)cc1. The van der Waals surface area contributed by atoms with Gasteiger partial charge in [0, 0.05) is 50.3 Å². The maximum absolute atomic E-state index is 6.80. The second kappa shape index (κ2) is 14.0. The van der Waals surface area contributed by atoms with Crippen LogP contribution in [0.1, 0.15) is 0 Å². The molecule has 0 unspecified atom stereocenters. The van der Waals surface area contributed by atoms with E-state index in [9.17, 15) is 0 Å². The van der Waals surface area contributed by atoms with E-state index in [0.717, 1.165) is 77.6 Å². The van der Waals surface area contributed by atoms with Crippen molar-refractivity contribution in [1.29, 1.82) is 0 Å². The van der Waals surface area contributed by atoms with Crippen molar-refractivity contribution in [2.45, 2.75) is 0 Å². The Morgan fingerprint density at radius 2 is 0.897 bits per heavy atom. The van der Waals surface area contributed by atoms with Gasteiger partial charge in [0.2, 0.25) is 0 Å². The molecular formula is C53H34N4O. The Labute approximate surface area is 335 Å². The van der Waals surface area contributed by atoms with Crippen LogP contribution in [-0.4, -0.2) is 15.0 Å². The van der Waals surface area contributed by atoms with E-state index < -0.39 is 0 Å². The van der Waals surface area contributed by atoms with Crippen molar-refractivity contribution in [2.24, 2.45) is 0 Å². The van der Waals surface area contributed by atoms with E-state index in [-0.39, 0.29) is 0 Å². The lowest BCUT2D eigenvalue weighted by Crippen LogP contribution is -2.10. The maximum Gasteiger partial charge on any atom is 0.164 e. The number of furan rings is 1. The van der Waals surface area contributed by atoms with Gasteiger partial charge in [0.25, 0.3) is 0 Å². The molecule has 0 aliphatic carbocycles. The quantitative estimate of drug-likeness (QED) is 0.163. The zero-order valence-electron chi connectivity index (χ0n) is 31.3. The maximum atomic E-state index is 6.80. The highest BCUT2D eigenvalue weighted by molar-refractivity contribution is 6.25. The van der Waals surface area contributed by atoms with Gasteiger partial charge in [-0.25, -0.2) is 15.0 Å². The first-order valence-corrected chi connectivity index (χ1v) is 19.4. The summed E-state index contributed by atoms with van der Waals surface area (Å²) in [7, 11) is 0. The van der Waals surface area contributed by atoms with Crippen molar-refractivity contribution in [2.75, 3.05) is 4.90 Å². The summed E-state index contributed by atoms with van der Waals surface area (Å²) in [5, 5.41) is 6.62. The molecule has 0 amide bonds. The van der Waals surface area contributed by atoms with Crippen molar-refractivity contribution >= 4 is 60.5 Å². The highest BCUT2D eigenvalue weighted by Gasteiger charge is 2.23. The third kappa shape index (κ3) is 5.85. The number of hydrogen-bond donors (Lipinski definition) is 0. The first-order chi connectivity index (χ1) is 28.7. The van der Waals surface area contributed by atoms with E-state index in [1.807, 2.05) is 54.6 Å². The van der Waals surface area contributed by atoms with Gasteiger partial charge in [0.05, 0.1) is 5.69 Å². The minimum absolute atomic E-state index is 0.583. The molecule has 0 atom stereocenters. The molecule has 0 saturated carbocycles. The summed E-state index contributed by atoms with van der Waals surface area (Å²) in [5.41, 5.74) is 9.71. The first-order valence-electron chi connectivity index (χ1n) is 19.4. The Kier molecular flexibility index (Phi) is 8.07. The van der Waals surface area contributed by atoms with Crippen LogP contribution >= 0.6 is 0 Å². The predicted octanol–water partition coefficient (Wildman–Crippen LogP) is 14.2. The molecule has 5 heteroatoms. The molecular weight excluding hydrogens is 709 g/mol. The van der Waals surface area contributed by atoms with Crippen molar-refractivity contribution in [1.82, 2.24) is 15.0 Å². The fourth-order valence-corrected chi connectivity index (χ4v) is 8.14. The second-order valence-corrected chi connectivity index (χ2v) is 14.4. The summed E-state index contributed by atoms with van der Waals surface area (Å²) in [5.74, 6) is 1.80. The number of fused-ring (bicyclic) bond motifs is 6. The molecule has 272 valence electrons. The molecule has 5 nitrogen and oxygen atoms in total. The van der Waals surface area contributed by atoms with E-state index >= 15 is 0 Å². The van der Waals surface area contributed by atoms with E-state index in [0.29, 0.717) is 17.5 Å². The number of benzene rings is 9. The van der Waals surface area contributed by atoms with Crippen molar-refractivity contribution in [3.05, 3.63) is 206 Å². The number of nitrogens with zero attached hydrogens (tertiary/aromatic N) is 4. The third-order valence-electron chi connectivity index (χ3n) is 10.9. The zero-order valence-corrected chi connectivity index (χ0v) is 31.3. The molecule has 0 aliphatic rings. The molecule has 0 spiro atoms. The van der Waals surface area contributed by atoms with Gasteiger partial charge in [0.15, 0.2) is 17.5 Å². The lowest BCUT2D eigenvalue weighted by Gasteiger charge is -2.27. The van der Waals surface area contributed by atoms with Crippen molar-refractivity contribution in [3.8, 4) is 45.3 Å². The van der Waals surface area contributed by atoms with Gasteiger partial charge < -0.3 is 9.32 Å². The van der Waals surface area contributed by atoms with Gasteiger partial charge >= 0.3 is 0 Å². The minimum Gasteiger partial charge on any atom is -0.456 e. The van der Waals surface area contributed by atoms with Crippen LogP contribution in [0.15, 0.2) is 211 Å². The molecule has 2 aromatic heterocycles. The summed E-state index contributed by atoms with van der Waals surface area (Å²) in [6.45, 7) is 0.